The summed E-state index contributed by atoms with van der Waals surface area (Å²) in [4.78, 5) is 19.5. The van der Waals surface area contributed by atoms with E-state index in [1.165, 1.54) is 0 Å². The van der Waals surface area contributed by atoms with Crippen molar-refractivity contribution in [3.8, 4) is 11.4 Å². The number of aromatic nitrogens is 2. The van der Waals surface area contributed by atoms with Gasteiger partial charge in [0.2, 0.25) is 0 Å². The molecule has 92 valence electrons. The van der Waals surface area contributed by atoms with Gasteiger partial charge in [-0.15, -0.1) is 0 Å². The van der Waals surface area contributed by atoms with Crippen LogP contribution in [0.25, 0.3) is 22.2 Å². The molecule has 0 bridgehead atoms. The van der Waals surface area contributed by atoms with E-state index < -0.39 is 5.97 Å². The molecule has 5 heteroatoms. The zero-order valence-corrected chi connectivity index (χ0v) is 9.87. The van der Waals surface area contributed by atoms with Gasteiger partial charge in [-0.3, -0.25) is 4.98 Å². The fraction of sp³-hybridized carbons (Fsp3) is 0.0714. The third-order valence-electron chi connectivity index (χ3n) is 3.43. The van der Waals surface area contributed by atoms with Crippen molar-refractivity contribution in [2.45, 2.75) is 6.54 Å². The molecule has 0 unspecified atom stereocenters. The van der Waals surface area contributed by atoms with Crippen LogP contribution in [0.5, 0.6) is 0 Å². The predicted octanol–water partition coefficient (Wildman–Crippen LogP) is 2.31. The first-order valence-electron chi connectivity index (χ1n) is 5.92. The monoisotopic (exact) mass is 251 g/mol. The van der Waals surface area contributed by atoms with Crippen LogP contribution in [0.1, 0.15) is 0 Å². The molecule has 0 radical (unpaired) electrons. The van der Waals surface area contributed by atoms with E-state index in [4.69, 9.17) is 5.11 Å². The lowest BCUT2D eigenvalue weighted by Gasteiger charge is -2.08. The Bertz CT molecular complexity index is 832. The largest absolute Gasteiger partial charge is 0.477 e. The standard InChI is InChI=1S/C14H9N3O2/c18-14(19)10-7-17-11-5-8-3-1-2-4-9(8)13(11)15-6-12(17)16-10/h1-6H,7H2,(H,18,19). The second-order valence-corrected chi connectivity index (χ2v) is 4.53. The summed E-state index contributed by atoms with van der Waals surface area (Å²) in [7, 11) is 0. The van der Waals surface area contributed by atoms with Gasteiger partial charge in [-0.05, 0) is 11.5 Å². The molecule has 1 aromatic rings. The highest BCUT2D eigenvalue weighted by Crippen LogP contribution is 2.36. The number of carboxylic acids is 1. The third-order valence-corrected chi connectivity index (χ3v) is 3.43. The number of aliphatic imine (C=N–C) groups is 1. The zero-order chi connectivity index (χ0) is 13.0. The van der Waals surface area contributed by atoms with Crippen LogP contribution < -0.4 is 0 Å². The summed E-state index contributed by atoms with van der Waals surface area (Å²) < 4.78 is 1.89. The maximum Gasteiger partial charge on any atom is 0.352 e. The van der Waals surface area contributed by atoms with Crippen molar-refractivity contribution in [1.29, 1.82) is 0 Å². The molecule has 1 aliphatic carbocycles. The van der Waals surface area contributed by atoms with Gasteiger partial charge in [0.25, 0.3) is 0 Å². The van der Waals surface area contributed by atoms with Crippen molar-refractivity contribution >= 4 is 28.3 Å². The average molecular weight is 251 g/mol. The summed E-state index contributed by atoms with van der Waals surface area (Å²) in [5.41, 5.74) is 1.97. The first-order valence-corrected chi connectivity index (χ1v) is 5.92. The first-order chi connectivity index (χ1) is 9.24. The van der Waals surface area contributed by atoms with E-state index >= 15 is 0 Å². The summed E-state index contributed by atoms with van der Waals surface area (Å²) in [6, 6.07) is 10.0. The summed E-state index contributed by atoms with van der Waals surface area (Å²) in [5, 5.41) is 11.2. The molecule has 19 heavy (non-hydrogen) atoms. The van der Waals surface area contributed by atoms with Gasteiger partial charge in [0, 0.05) is 5.39 Å². The summed E-state index contributed by atoms with van der Waals surface area (Å²) in [6.45, 7) is 0.292. The van der Waals surface area contributed by atoms with Crippen LogP contribution in [0.2, 0.25) is 0 Å². The van der Waals surface area contributed by atoms with Crippen LogP contribution in [-0.4, -0.2) is 26.3 Å². The molecule has 0 saturated heterocycles. The molecule has 1 N–H and O–H groups in total. The summed E-state index contributed by atoms with van der Waals surface area (Å²) >= 11 is 0. The molecule has 1 aromatic carbocycles. The van der Waals surface area contributed by atoms with E-state index in [0.717, 1.165) is 22.2 Å². The van der Waals surface area contributed by atoms with Gasteiger partial charge in [0.1, 0.15) is 5.71 Å². The lowest BCUT2D eigenvalue weighted by atomic mass is 10.2. The Morgan fingerprint density at radius 1 is 1.32 bits per heavy atom. The smallest absolute Gasteiger partial charge is 0.352 e. The molecule has 2 heterocycles. The van der Waals surface area contributed by atoms with Crippen LogP contribution in [0.3, 0.4) is 0 Å². The maximum absolute atomic E-state index is 11.0. The minimum absolute atomic E-state index is 0.152. The lowest BCUT2D eigenvalue weighted by molar-refractivity contribution is -0.129. The lowest BCUT2D eigenvalue weighted by Crippen LogP contribution is -2.15. The van der Waals surface area contributed by atoms with E-state index in [1.54, 1.807) is 6.20 Å². The van der Waals surface area contributed by atoms with Crippen molar-refractivity contribution in [1.82, 2.24) is 9.55 Å². The number of benzene rings is 1. The number of aliphatic carboxylic acids is 1. The zero-order valence-electron chi connectivity index (χ0n) is 9.87. The van der Waals surface area contributed by atoms with Crippen molar-refractivity contribution < 1.29 is 9.90 Å². The van der Waals surface area contributed by atoms with E-state index in [2.05, 4.69) is 9.98 Å². The predicted molar refractivity (Wildman–Crippen MR) is 71.1 cm³/mol. The Hall–Kier alpha value is -2.69. The molecule has 0 spiro atoms. The SMILES string of the molecule is O=C(O)C1=Nc2cnc3c4ccccc4cc-3n2C1. The Labute approximate surface area is 108 Å². The third kappa shape index (κ3) is 1.32. The highest BCUT2D eigenvalue weighted by molar-refractivity contribution is 6.36. The summed E-state index contributed by atoms with van der Waals surface area (Å²) in [5.74, 6) is -0.381. The minimum Gasteiger partial charge on any atom is -0.477 e. The molecule has 0 atom stereocenters. The number of nitrogens with zero attached hydrogens (tertiary/aromatic N) is 3. The van der Waals surface area contributed by atoms with Gasteiger partial charge in [-0.2, -0.15) is 0 Å². The number of hydrogen-bond donors (Lipinski definition) is 1. The quantitative estimate of drug-likeness (QED) is 0.721. The second-order valence-electron chi connectivity index (χ2n) is 4.53. The van der Waals surface area contributed by atoms with E-state index in [-0.39, 0.29) is 5.71 Å². The Morgan fingerprint density at radius 3 is 3.00 bits per heavy atom. The van der Waals surface area contributed by atoms with E-state index in [1.807, 2.05) is 34.9 Å². The molecule has 0 aromatic heterocycles. The minimum atomic E-state index is -0.979. The van der Waals surface area contributed by atoms with E-state index in [9.17, 15) is 4.79 Å². The molecule has 2 aliphatic heterocycles. The van der Waals surface area contributed by atoms with Crippen molar-refractivity contribution in [2.75, 3.05) is 0 Å². The number of hydrogen-bond acceptors (Lipinski definition) is 3. The van der Waals surface area contributed by atoms with Crippen LogP contribution >= 0.6 is 0 Å². The Balaban J connectivity index is 2.00. The van der Waals surface area contributed by atoms with Gasteiger partial charge in [-0.25, -0.2) is 9.79 Å². The highest BCUT2D eigenvalue weighted by Gasteiger charge is 2.24. The molecule has 0 amide bonds. The molecule has 3 aliphatic rings. The Morgan fingerprint density at radius 2 is 2.16 bits per heavy atom. The second kappa shape index (κ2) is 3.41. The van der Waals surface area contributed by atoms with Crippen LogP contribution in [0.15, 0.2) is 41.5 Å². The molecule has 5 nitrogen and oxygen atoms in total. The van der Waals surface area contributed by atoms with Gasteiger partial charge in [0.05, 0.1) is 24.1 Å². The molecular weight excluding hydrogens is 242 g/mol. The van der Waals surface area contributed by atoms with Crippen molar-refractivity contribution in [3.63, 3.8) is 0 Å². The number of fused-ring (bicyclic) bond motifs is 5. The van der Waals surface area contributed by atoms with Crippen molar-refractivity contribution in [3.05, 3.63) is 36.5 Å². The highest BCUT2D eigenvalue weighted by atomic mass is 16.4. The molecule has 0 saturated carbocycles. The van der Waals surface area contributed by atoms with Gasteiger partial charge in [0.15, 0.2) is 5.82 Å². The first kappa shape index (κ1) is 10.3. The number of rotatable bonds is 1. The normalized spacial score (nSPS) is 13.8. The van der Waals surface area contributed by atoms with Crippen LogP contribution in [-0.2, 0) is 11.3 Å². The van der Waals surface area contributed by atoms with Crippen LogP contribution in [0, 0.1) is 0 Å². The summed E-state index contributed by atoms with van der Waals surface area (Å²) in [6.07, 6.45) is 1.63. The number of carbonyl (C=O) groups is 1. The van der Waals surface area contributed by atoms with Crippen molar-refractivity contribution in [2.24, 2.45) is 4.99 Å². The van der Waals surface area contributed by atoms with Gasteiger partial charge in [-0.1, -0.05) is 24.3 Å². The van der Waals surface area contributed by atoms with Crippen LogP contribution in [0.4, 0.5) is 5.82 Å². The van der Waals surface area contributed by atoms with Gasteiger partial charge < -0.3 is 9.67 Å². The Kier molecular flexibility index (Phi) is 1.84. The fourth-order valence-corrected chi connectivity index (χ4v) is 2.54. The molecular formula is C14H9N3O2. The van der Waals surface area contributed by atoms with E-state index in [0.29, 0.717) is 12.4 Å². The maximum atomic E-state index is 11.0. The van der Waals surface area contributed by atoms with Gasteiger partial charge >= 0.3 is 5.97 Å². The fourth-order valence-electron chi connectivity index (χ4n) is 2.54. The number of carboxylic acid groups (broad SMARTS) is 1. The molecule has 4 rings (SSSR count). The topological polar surface area (TPSA) is 67.5 Å². The molecule has 0 fully saturated rings. The average Bonchev–Trinajstić information content (AvgIpc) is 2.99.